The van der Waals surface area contributed by atoms with Gasteiger partial charge in [0.15, 0.2) is 0 Å². The average Bonchev–Trinajstić information content (AvgIpc) is 2.30. The van der Waals surface area contributed by atoms with E-state index in [1.54, 1.807) is 4.90 Å². The number of nitrogens with zero attached hydrogens (tertiary/aromatic N) is 1. The normalized spacial score (nSPS) is 10.8. The van der Waals surface area contributed by atoms with Crippen LogP contribution in [0.5, 0.6) is 0 Å². The highest BCUT2D eigenvalue weighted by Gasteiger charge is 2.16. The number of carbonyl (C=O) groups excluding carboxylic acids is 2. The van der Waals surface area contributed by atoms with E-state index in [1.165, 1.54) is 0 Å². The van der Waals surface area contributed by atoms with E-state index in [-0.39, 0.29) is 25.0 Å². The Morgan fingerprint density at radius 1 is 1.26 bits per heavy atom. The topological polar surface area (TPSA) is 75.4 Å². The SMILES string of the molecule is CC(C)N(CC(N)=O)CC(=O)Nc1ccc(I)cc1. The van der Waals surface area contributed by atoms with Crippen molar-refractivity contribution in [2.24, 2.45) is 5.73 Å². The van der Waals surface area contributed by atoms with Crippen LogP contribution in [-0.4, -0.2) is 35.8 Å². The smallest absolute Gasteiger partial charge is 0.238 e. The van der Waals surface area contributed by atoms with Gasteiger partial charge >= 0.3 is 0 Å². The van der Waals surface area contributed by atoms with E-state index in [1.807, 2.05) is 38.1 Å². The second kappa shape index (κ2) is 7.44. The Bertz CT molecular complexity index is 446. The number of hydrogen-bond donors (Lipinski definition) is 2. The molecule has 1 aromatic rings. The van der Waals surface area contributed by atoms with Gasteiger partial charge in [0.05, 0.1) is 13.1 Å². The van der Waals surface area contributed by atoms with Gasteiger partial charge < -0.3 is 11.1 Å². The summed E-state index contributed by atoms with van der Waals surface area (Å²) in [6, 6.07) is 7.59. The van der Waals surface area contributed by atoms with Gasteiger partial charge in [0.1, 0.15) is 0 Å². The Morgan fingerprint density at radius 3 is 2.32 bits per heavy atom. The maximum absolute atomic E-state index is 11.9. The van der Waals surface area contributed by atoms with Crippen molar-refractivity contribution in [2.45, 2.75) is 19.9 Å². The van der Waals surface area contributed by atoms with Gasteiger partial charge in [-0.05, 0) is 60.7 Å². The molecule has 19 heavy (non-hydrogen) atoms. The van der Waals surface area contributed by atoms with E-state index in [0.29, 0.717) is 0 Å². The van der Waals surface area contributed by atoms with Crippen LogP contribution in [-0.2, 0) is 9.59 Å². The highest BCUT2D eigenvalue weighted by molar-refractivity contribution is 14.1. The van der Waals surface area contributed by atoms with E-state index in [0.717, 1.165) is 9.26 Å². The van der Waals surface area contributed by atoms with Crippen molar-refractivity contribution in [3.63, 3.8) is 0 Å². The van der Waals surface area contributed by atoms with E-state index in [4.69, 9.17) is 5.73 Å². The first-order valence-electron chi connectivity index (χ1n) is 5.96. The second-order valence-corrected chi connectivity index (χ2v) is 5.77. The number of halogens is 1. The second-order valence-electron chi connectivity index (χ2n) is 4.52. The van der Waals surface area contributed by atoms with Crippen LogP contribution in [0, 0.1) is 3.57 Å². The fraction of sp³-hybridized carbons (Fsp3) is 0.385. The van der Waals surface area contributed by atoms with Crippen molar-refractivity contribution in [1.82, 2.24) is 4.90 Å². The minimum Gasteiger partial charge on any atom is -0.369 e. The number of carbonyl (C=O) groups is 2. The molecule has 0 fully saturated rings. The zero-order valence-electron chi connectivity index (χ0n) is 11.0. The van der Waals surface area contributed by atoms with E-state index < -0.39 is 5.91 Å². The monoisotopic (exact) mass is 375 g/mol. The molecular formula is C13H18IN3O2. The van der Waals surface area contributed by atoms with Gasteiger partial charge in [-0.15, -0.1) is 0 Å². The summed E-state index contributed by atoms with van der Waals surface area (Å²) in [6.07, 6.45) is 0. The zero-order valence-corrected chi connectivity index (χ0v) is 13.2. The third kappa shape index (κ3) is 6.02. The first kappa shape index (κ1) is 15.9. The summed E-state index contributed by atoms with van der Waals surface area (Å²) in [5, 5.41) is 2.79. The van der Waals surface area contributed by atoms with Crippen LogP contribution in [0.3, 0.4) is 0 Å². The molecule has 1 rings (SSSR count). The van der Waals surface area contributed by atoms with Crippen LogP contribution < -0.4 is 11.1 Å². The summed E-state index contributed by atoms with van der Waals surface area (Å²) >= 11 is 2.20. The Kier molecular flexibility index (Phi) is 6.23. The van der Waals surface area contributed by atoms with E-state index in [2.05, 4.69) is 27.9 Å². The van der Waals surface area contributed by atoms with Gasteiger partial charge in [0, 0.05) is 15.3 Å². The van der Waals surface area contributed by atoms with Crippen molar-refractivity contribution in [3.05, 3.63) is 27.8 Å². The molecule has 0 aliphatic carbocycles. The molecule has 0 bridgehead atoms. The first-order valence-corrected chi connectivity index (χ1v) is 7.04. The Labute approximate surface area is 126 Å². The molecule has 0 aliphatic heterocycles. The fourth-order valence-corrected chi connectivity index (χ4v) is 1.90. The lowest BCUT2D eigenvalue weighted by atomic mass is 10.3. The molecule has 2 amide bonds. The molecule has 0 atom stereocenters. The molecule has 1 aromatic carbocycles. The van der Waals surface area contributed by atoms with Gasteiger partial charge in [-0.1, -0.05) is 0 Å². The van der Waals surface area contributed by atoms with Crippen molar-refractivity contribution in [3.8, 4) is 0 Å². The number of benzene rings is 1. The van der Waals surface area contributed by atoms with Crippen LogP contribution in [0.2, 0.25) is 0 Å². The summed E-state index contributed by atoms with van der Waals surface area (Å²) < 4.78 is 1.10. The van der Waals surface area contributed by atoms with Gasteiger partial charge in [-0.2, -0.15) is 0 Å². The van der Waals surface area contributed by atoms with Gasteiger partial charge in [-0.3, -0.25) is 14.5 Å². The van der Waals surface area contributed by atoms with Crippen molar-refractivity contribution in [1.29, 1.82) is 0 Å². The van der Waals surface area contributed by atoms with Crippen molar-refractivity contribution >= 4 is 40.1 Å². The van der Waals surface area contributed by atoms with Crippen LogP contribution in [0.15, 0.2) is 24.3 Å². The molecule has 104 valence electrons. The number of rotatable bonds is 6. The number of nitrogens with two attached hydrogens (primary N) is 1. The first-order chi connectivity index (χ1) is 8.88. The van der Waals surface area contributed by atoms with Gasteiger partial charge in [0.25, 0.3) is 0 Å². The number of primary amides is 1. The predicted molar refractivity (Wildman–Crippen MR) is 83.7 cm³/mol. The molecule has 0 saturated carbocycles. The molecule has 0 aliphatic rings. The maximum atomic E-state index is 11.9. The lowest BCUT2D eigenvalue weighted by molar-refractivity contribution is -0.121. The molecule has 0 aromatic heterocycles. The third-order valence-corrected chi connectivity index (χ3v) is 3.28. The number of anilines is 1. The summed E-state index contributed by atoms with van der Waals surface area (Å²) in [5.74, 6) is -0.591. The minimum absolute atomic E-state index is 0.0787. The van der Waals surface area contributed by atoms with Crippen LogP contribution in [0.25, 0.3) is 0 Å². The van der Waals surface area contributed by atoms with Crippen LogP contribution >= 0.6 is 22.6 Å². The molecule has 0 unspecified atom stereocenters. The van der Waals surface area contributed by atoms with Crippen molar-refractivity contribution in [2.75, 3.05) is 18.4 Å². The highest BCUT2D eigenvalue weighted by Crippen LogP contribution is 2.11. The number of hydrogen-bond acceptors (Lipinski definition) is 3. The Balaban J connectivity index is 2.57. The lowest BCUT2D eigenvalue weighted by Gasteiger charge is -2.24. The molecule has 6 heteroatoms. The molecule has 3 N–H and O–H groups in total. The van der Waals surface area contributed by atoms with E-state index in [9.17, 15) is 9.59 Å². The lowest BCUT2D eigenvalue weighted by Crippen LogP contribution is -2.43. The fourth-order valence-electron chi connectivity index (χ4n) is 1.54. The molecular weight excluding hydrogens is 357 g/mol. The summed E-state index contributed by atoms with van der Waals surface area (Å²) in [6.45, 7) is 4.06. The minimum atomic E-state index is -0.434. The number of amides is 2. The van der Waals surface area contributed by atoms with Gasteiger partial charge in [0.2, 0.25) is 11.8 Å². The molecule has 0 saturated heterocycles. The molecule has 5 nitrogen and oxygen atoms in total. The van der Waals surface area contributed by atoms with Crippen molar-refractivity contribution < 1.29 is 9.59 Å². The molecule has 0 spiro atoms. The van der Waals surface area contributed by atoms with Gasteiger partial charge in [-0.25, -0.2) is 0 Å². The van der Waals surface area contributed by atoms with Crippen LogP contribution in [0.1, 0.15) is 13.8 Å². The maximum Gasteiger partial charge on any atom is 0.238 e. The quantitative estimate of drug-likeness (QED) is 0.739. The largest absolute Gasteiger partial charge is 0.369 e. The summed E-state index contributed by atoms with van der Waals surface area (Å²) in [7, 11) is 0. The average molecular weight is 375 g/mol. The summed E-state index contributed by atoms with van der Waals surface area (Å²) in [5.41, 5.74) is 5.91. The predicted octanol–water partition coefficient (Wildman–Crippen LogP) is 1.43. The third-order valence-electron chi connectivity index (χ3n) is 2.56. The molecule has 0 heterocycles. The molecule has 0 radical (unpaired) electrons. The number of nitrogens with one attached hydrogen (secondary N) is 1. The zero-order chi connectivity index (χ0) is 14.4. The van der Waals surface area contributed by atoms with E-state index >= 15 is 0 Å². The Morgan fingerprint density at radius 2 is 1.84 bits per heavy atom. The Hall–Kier alpha value is -1.15. The highest BCUT2D eigenvalue weighted by atomic mass is 127. The van der Waals surface area contributed by atoms with Crippen LogP contribution in [0.4, 0.5) is 5.69 Å². The standard InChI is InChI=1S/C13H18IN3O2/c1-9(2)17(7-12(15)18)8-13(19)16-11-5-3-10(14)4-6-11/h3-6,9H,7-8H2,1-2H3,(H2,15,18)(H,16,19). The summed E-state index contributed by atoms with van der Waals surface area (Å²) in [4.78, 5) is 24.6.